The van der Waals surface area contributed by atoms with Gasteiger partial charge in [-0.05, 0) is 55.0 Å². The van der Waals surface area contributed by atoms with Crippen LogP contribution in [0.3, 0.4) is 0 Å². The number of aliphatic hydroxyl groups excluding tert-OH is 1. The number of carbonyl (C=O) groups is 2. The number of amides is 1. The van der Waals surface area contributed by atoms with Gasteiger partial charge >= 0.3 is 5.97 Å². The Morgan fingerprint density at radius 1 is 1.17 bits per heavy atom. The summed E-state index contributed by atoms with van der Waals surface area (Å²) in [4.78, 5) is 25.8. The van der Waals surface area contributed by atoms with Gasteiger partial charge in [0.1, 0.15) is 0 Å². The summed E-state index contributed by atoms with van der Waals surface area (Å²) in [6, 6.07) is 15.7. The van der Waals surface area contributed by atoms with E-state index in [4.69, 9.17) is 26.2 Å². The molecule has 1 amide bonds. The Labute approximate surface area is 214 Å². The van der Waals surface area contributed by atoms with Gasteiger partial charge in [0.25, 0.3) is 5.91 Å². The van der Waals surface area contributed by atoms with Crippen molar-refractivity contribution in [2.24, 2.45) is 5.41 Å². The average molecular weight is 513 g/mol. The first kappa shape index (κ1) is 25.8. The average Bonchev–Trinajstić information content (AvgIpc) is 3.39. The fraction of sp³-hybridized carbons (Fsp3) is 0.385. The summed E-state index contributed by atoms with van der Waals surface area (Å²) >= 11 is 6.14. The largest absolute Gasteiger partial charge is 0.465 e. The molecule has 4 rings (SSSR count). The first-order chi connectivity index (χ1) is 17.4. The van der Waals surface area contributed by atoms with Crippen LogP contribution >= 0.6 is 11.6 Å². The lowest BCUT2D eigenvalue weighted by atomic mass is 9.55. The molecule has 0 atom stereocenters. The van der Waals surface area contributed by atoms with Crippen molar-refractivity contribution >= 4 is 23.5 Å². The summed E-state index contributed by atoms with van der Waals surface area (Å²) in [7, 11) is 0. The lowest BCUT2D eigenvalue weighted by Gasteiger charge is -2.54. The number of H-pyrrole nitrogens is 1. The summed E-state index contributed by atoms with van der Waals surface area (Å²) < 4.78 is 10.9. The monoisotopic (exact) mass is 512 g/mol. The van der Waals surface area contributed by atoms with Crippen molar-refractivity contribution < 1.29 is 24.2 Å². The zero-order chi connectivity index (χ0) is 25.6. The predicted octanol–water partition coefficient (Wildman–Crippen LogP) is 3.19. The minimum Gasteiger partial charge on any atom is -0.465 e. The minimum atomic E-state index is -0.914. The number of nitrogens with zero attached hydrogens (tertiary/aromatic N) is 2. The maximum atomic E-state index is 12.9. The highest BCUT2D eigenvalue weighted by atomic mass is 35.5. The Morgan fingerprint density at radius 3 is 2.58 bits per heavy atom. The smallest absolute Gasteiger partial charge is 0.314 e. The normalized spacial score (nSPS) is 21.0. The van der Waals surface area contributed by atoms with Crippen LogP contribution in [0.2, 0.25) is 5.02 Å². The lowest BCUT2D eigenvalue weighted by Crippen LogP contribution is -2.67. The van der Waals surface area contributed by atoms with Crippen molar-refractivity contribution in [3.8, 4) is 11.1 Å². The molecule has 1 aliphatic rings. The van der Waals surface area contributed by atoms with E-state index in [1.54, 1.807) is 6.92 Å². The Kier molecular flexibility index (Phi) is 8.03. The van der Waals surface area contributed by atoms with E-state index in [0.29, 0.717) is 24.3 Å². The molecule has 3 N–H and O–H groups in total. The maximum absolute atomic E-state index is 12.9. The molecule has 1 aromatic heterocycles. The third-order valence-corrected chi connectivity index (χ3v) is 6.59. The molecule has 10 heteroatoms. The predicted molar refractivity (Wildman–Crippen MR) is 133 cm³/mol. The second-order valence-electron chi connectivity index (χ2n) is 9.11. The van der Waals surface area contributed by atoms with Crippen molar-refractivity contribution in [2.45, 2.75) is 31.7 Å². The number of aliphatic hydroxyl groups is 1. The summed E-state index contributed by atoms with van der Waals surface area (Å²) in [5.41, 5.74) is 1.56. The van der Waals surface area contributed by atoms with E-state index < -0.39 is 11.0 Å². The van der Waals surface area contributed by atoms with E-state index in [1.807, 2.05) is 48.5 Å². The van der Waals surface area contributed by atoms with Crippen molar-refractivity contribution in [1.82, 2.24) is 20.7 Å². The standard InChI is InChI=1S/C26H29ClN4O5/c1-2-36-24(34)25(17-35-11-10-32)15-26(16-25,29-23(33)22-14-28-31-30-22)13-18-6-8-19(9-7-18)20-4-3-5-21(27)12-20/h3-9,12,14,32H,2,10-11,13,15-17H2,1H3,(H,29,33)(H,28,30,31)/t25-,26-. The highest BCUT2D eigenvalue weighted by molar-refractivity contribution is 6.30. The van der Waals surface area contributed by atoms with Gasteiger partial charge in [0.15, 0.2) is 5.69 Å². The molecule has 2 aromatic carbocycles. The number of nitrogens with one attached hydrogen (secondary N) is 2. The number of aromatic nitrogens is 3. The molecule has 0 spiro atoms. The molecule has 0 unspecified atom stereocenters. The lowest BCUT2D eigenvalue weighted by molar-refractivity contribution is -0.175. The van der Waals surface area contributed by atoms with Gasteiger partial charge < -0.3 is 19.9 Å². The maximum Gasteiger partial charge on any atom is 0.314 e. The number of benzene rings is 2. The minimum absolute atomic E-state index is 0.0989. The molecule has 190 valence electrons. The number of halogens is 1. The van der Waals surface area contributed by atoms with Gasteiger partial charge in [-0.25, -0.2) is 0 Å². The SMILES string of the molecule is CCOC(=O)[C@]1(COCCO)C[C@@](Cc2ccc(-c3cccc(Cl)c3)cc2)(NC(=O)c2c[nH]nn2)C1. The third-order valence-electron chi connectivity index (χ3n) is 6.36. The Hall–Kier alpha value is -3.27. The van der Waals surface area contributed by atoms with Crippen LogP contribution in [0.4, 0.5) is 0 Å². The van der Waals surface area contributed by atoms with Gasteiger partial charge in [-0.3, -0.25) is 14.7 Å². The summed E-state index contributed by atoms with van der Waals surface area (Å²) in [6.07, 6.45) is 2.56. The second kappa shape index (κ2) is 11.2. The Bertz CT molecular complexity index is 1180. The molecule has 1 saturated carbocycles. The van der Waals surface area contributed by atoms with Crippen molar-refractivity contribution in [1.29, 1.82) is 0 Å². The van der Waals surface area contributed by atoms with Crippen molar-refractivity contribution in [3.63, 3.8) is 0 Å². The van der Waals surface area contributed by atoms with Crippen LogP contribution in [0.15, 0.2) is 54.7 Å². The first-order valence-electron chi connectivity index (χ1n) is 11.8. The number of esters is 1. The van der Waals surface area contributed by atoms with Gasteiger partial charge in [0, 0.05) is 10.6 Å². The topological polar surface area (TPSA) is 126 Å². The van der Waals surface area contributed by atoms with Crippen LogP contribution in [0.1, 0.15) is 35.8 Å². The van der Waals surface area contributed by atoms with E-state index in [1.165, 1.54) is 6.20 Å². The zero-order valence-electron chi connectivity index (χ0n) is 20.0. The van der Waals surface area contributed by atoms with Crippen LogP contribution < -0.4 is 5.32 Å². The van der Waals surface area contributed by atoms with Gasteiger partial charge in [0.2, 0.25) is 0 Å². The van der Waals surface area contributed by atoms with E-state index in [9.17, 15) is 9.59 Å². The van der Waals surface area contributed by atoms with Gasteiger partial charge in [0.05, 0.1) is 38.0 Å². The van der Waals surface area contributed by atoms with Crippen LogP contribution in [-0.2, 0) is 20.7 Å². The molecule has 0 bridgehead atoms. The van der Waals surface area contributed by atoms with Crippen molar-refractivity contribution in [2.75, 3.05) is 26.4 Å². The molecule has 3 aromatic rings. The van der Waals surface area contributed by atoms with Crippen LogP contribution in [0.5, 0.6) is 0 Å². The van der Waals surface area contributed by atoms with Crippen molar-refractivity contribution in [3.05, 3.63) is 71.0 Å². The highest BCUT2D eigenvalue weighted by Crippen LogP contribution is 2.51. The number of aromatic amines is 1. The quantitative estimate of drug-likeness (QED) is 0.266. The number of ether oxygens (including phenoxy) is 2. The van der Waals surface area contributed by atoms with E-state index in [-0.39, 0.29) is 44.0 Å². The second-order valence-corrected chi connectivity index (χ2v) is 9.54. The Balaban J connectivity index is 1.57. The molecular weight excluding hydrogens is 484 g/mol. The summed E-state index contributed by atoms with van der Waals surface area (Å²) in [6.45, 7) is 2.06. The summed E-state index contributed by atoms with van der Waals surface area (Å²) in [5.74, 6) is -0.751. The fourth-order valence-electron chi connectivity index (χ4n) is 4.91. The number of hydrogen-bond donors (Lipinski definition) is 3. The van der Waals surface area contributed by atoms with E-state index in [2.05, 4.69) is 20.7 Å². The first-order valence-corrected chi connectivity index (χ1v) is 12.2. The van der Waals surface area contributed by atoms with Crippen LogP contribution in [0, 0.1) is 5.41 Å². The fourth-order valence-corrected chi connectivity index (χ4v) is 5.10. The molecule has 9 nitrogen and oxygen atoms in total. The molecule has 1 fully saturated rings. The van der Waals surface area contributed by atoms with E-state index >= 15 is 0 Å². The summed E-state index contributed by atoms with van der Waals surface area (Å²) in [5, 5.41) is 22.8. The molecule has 1 heterocycles. The Morgan fingerprint density at radius 2 is 1.94 bits per heavy atom. The third kappa shape index (κ3) is 5.75. The van der Waals surface area contributed by atoms with Gasteiger partial charge in [-0.1, -0.05) is 53.2 Å². The van der Waals surface area contributed by atoms with Crippen LogP contribution in [-0.4, -0.2) is 64.4 Å². The molecule has 0 radical (unpaired) electrons. The zero-order valence-corrected chi connectivity index (χ0v) is 20.8. The molecular formula is C26H29ClN4O5. The highest BCUT2D eigenvalue weighted by Gasteiger charge is 2.60. The van der Waals surface area contributed by atoms with E-state index in [0.717, 1.165) is 16.7 Å². The number of carbonyl (C=O) groups excluding carboxylic acids is 2. The number of rotatable bonds is 11. The van der Waals surface area contributed by atoms with Crippen LogP contribution in [0.25, 0.3) is 11.1 Å². The number of hydrogen-bond acceptors (Lipinski definition) is 7. The molecule has 0 saturated heterocycles. The van der Waals surface area contributed by atoms with Gasteiger partial charge in [-0.2, -0.15) is 0 Å². The molecule has 0 aliphatic heterocycles. The molecule has 1 aliphatic carbocycles. The molecule has 36 heavy (non-hydrogen) atoms. The van der Waals surface area contributed by atoms with Gasteiger partial charge in [-0.15, -0.1) is 5.10 Å².